The number of hydrogen-bond donors (Lipinski definition) is 0. The smallest absolute Gasteiger partial charge is 0.143 e. The SMILES string of the molecule is Cc1ccc(N(c2ccc(-c3cccc4c3oc3ccccc34)cc2)c2ccc3c(c2)C2(c4ccccc4-c4ccccc42)c2ccccc2-3)cc1. The fourth-order valence-electron chi connectivity index (χ4n) is 9.13. The standard InChI is InChI=1S/C50H33NO/c1-32-21-25-34(26-22-32)51(35-27-23-33(24-28-35)37-15-10-16-43-42-14-5-9-20-48(42)52-49(37)43)36-29-30-41-40-13-4-8-19-46(40)50(47(41)31-36)44-17-6-2-11-38(44)39-12-3-7-18-45(39)50/h2-31H,1H3. The van der Waals surface area contributed by atoms with Gasteiger partial charge in [0.15, 0.2) is 0 Å². The Morgan fingerprint density at radius 3 is 1.56 bits per heavy atom. The van der Waals surface area contributed by atoms with Gasteiger partial charge >= 0.3 is 0 Å². The lowest BCUT2D eigenvalue weighted by Gasteiger charge is -2.32. The molecule has 0 atom stereocenters. The summed E-state index contributed by atoms with van der Waals surface area (Å²) in [5.41, 5.74) is 18.9. The molecule has 52 heavy (non-hydrogen) atoms. The first-order valence-electron chi connectivity index (χ1n) is 18.0. The molecule has 11 rings (SSSR count). The largest absolute Gasteiger partial charge is 0.455 e. The zero-order valence-corrected chi connectivity index (χ0v) is 28.7. The van der Waals surface area contributed by atoms with Gasteiger partial charge in [-0.15, -0.1) is 0 Å². The number of para-hydroxylation sites is 2. The van der Waals surface area contributed by atoms with Crippen molar-refractivity contribution in [2.45, 2.75) is 12.3 Å². The Bertz CT molecular complexity index is 2790. The highest BCUT2D eigenvalue weighted by atomic mass is 16.3. The lowest BCUT2D eigenvalue weighted by atomic mass is 9.70. The summed E-state index contributed by atoms with van der Waals surface area (Å²) in [7, 11) is 0. The third kappa shape index (κ3) is 3.95. The summed E-state index contributed by atoms with van der Waals surface area (Å²) in [5, 5.41) is 2.28. The highest BCUT2D eigenvalue weighted by molar-refractivity contribution is 6.09. The van der Waals surface area contributed by atoms with E-state index >= 15 is 0 Å². The van der Waals surface area contributed by atoms with Crippen LogP contribution >= 0.6 is 0 Å². The molecule has 9 aromatic rings. The maximum atomic E-state index is 6.42. The second kappa shape index (κ2) is 10.9. The molecule has 2 aliphatic carbocycles. The van der Waals surface area contributed by atoms with Crippen LogP contribution in [0.3, 0.4) is 0 Å². The van der Waals surface area contributed by atoms with Gasteiger partial charge in [0.05, 0.1) is 5.41 Å². The first-order valence-corrected chi connectivity index (χ1v) is 18.0. The molecule has 0 N–H and O–H groups in total. The van der Waals surface area contributed by atoms with Crippen LogP contribution in [0.5, 0.6) is 0 Å². The summed E-state index contributed by atoms with van der Waals surface area (Å²) < 4.78 is 6.42. The fraction of sp³-hybridized carbons (Fsp3) is 0.0400. The van der Waals surface area contributed by atoms with Crippen LogP contribution in [0.1, 0.15) is 27.8 Å². The average Bonchev–Trinajstić information content (AvgIpc) is 3.83. The van der Waals surface area contributed by atoms with Crippen LogP contribution in [0.25, 0.3) is 55.3 Å². The first kappa shape index (κ1) is 29.1. The number of furan rings is 1. The van der Waals surface area contributed by atoms with Crippen molar-refractivity contribution in [3.05, 3.63) is 210 Å². The minimum Gasteiger partial charge on any atom is -0.455 e. The van der Waals surface area contributed by atoms with E-state index < -0.39 is 5.41 Å². The van der Waals surface area contributed by atoms with E-state index in [4.69, 9.17) is 4.42 Å². The molecule has 0 radical (unpaired) electrons. The number of benzene rings is 8. The van der Waals surface area contributed by atoms with Gasteiger partial charge in [-0.05, 0) is 99.5 Å². The zero-order chi connectivity index (χ0) is 34.4. The van der Waals surface area contributed by atoms with Crippen molar-refractivity contribution in [3.8, 4) is 33.4 Å². The monoisotopic (exact) mass is 663 g/mol. The van der Waals surface area contributed by atoms with Crippen molar-refractivity contribution < 1.29 is 4.42 Å². The van der Waals surface area contributed by atoms with Crippen molar-refractivity contribution in [1.82, 2.24) is 0 Å². The predicted octanol–water partition coefficient (Wildman–Crippen LogP) is 13.4. The molecule has 1 heterocycles. The maximum absolute atomic E-state index is 6.42. The van der Waals surface area contributed by atoms with Gasteiger partial charge in [-0.2, -0.15) is 0 Å². The number of anilines is 3. The van der Waals surface area contributed by atoms with Gasteiger partial charge in [0.2, 0.25) is 0 Å². The van der Waals surface area contributed by atoms with Crippen LogP contribution in [0.2, 0.25) is 0 Å². The predicted molar refractivity (Wildman–Crippen MR) is 215 cm³/mol. The van der Waals surface area contributed by atoms with Crippen LogP contribution in [0.4, 0.5) is 17.1 Å². The second-order valence-electron chi connectivity index (χ2n) is 14.1. The van der Waals surface area contributed by atoms with E-state index in [2.05, 4.69) is 182 Å². The molecule has 244 valence electrons. The number of rotatable bonds is 4. The van der Waals surface area contributed by atoms with Crippen LogP contribution in [-0.2, 0) is 5.41 Å². The van der Waals surface area contributed by atoms with Gasteiger partial charge in [-0.3, -0.25) is 0 Å². The molecule has 1 aromatic heterocycles. The molecule has 0 saturated heterocycles. The molecular formula is C50H33NO. The zero-order valence-electron chi connectivity index (χ0n) is 28.7. The Hall–Kier alpha value is -6.64. The average molecular weight is 664 g/mol. The number of aryl methyl sites for hydroxylation is 1. The van der Waals surface area contributed by atoms with Crippen LogP contribution < -0.4 is 4.90 Å². The van der Waals surface area contributed by atoms with Crippen LogP contribution in [0, 0.1) is 6.92 Å². The molecule has 0 bridgehead atoms. The molecule has 0 saturated carbocycles. The van der Waals surface area contributed by atoms with Gasteiger partial charge in [-0.1, -0.05) is 145 Å². The highest BCUT2D eigenvalue weighted by Gasteiger charge is 2.51. The molecule has 8 aromatic carbocycles. The van der Waals surface area contributed by atoms with Crippen molar-refractivity contribution in [1.29, 1.82) is 0 Å². The summed E-state index contributed by atoms with van der Waals surface area (Å²) in [4.78, 5) is 2.40. The summed E-state index contributed by atoms with van der Waals surface area (Å²) in [6, 6.07) is 66.6. The molecule has 2 aliphatic rings. The molecular weight excluding hydrogens is 631 g/mol. The quantitative estimate of drug-likeness (QED) is 0.186. The third-order valence-corrected chi connectivity index (χ3v) is 11.4. The van der Waals surface area contributed by atoms with E-state index in [-0.39, 0.29) is 0 Å². The molecule has 0 unspecified atom stereocenters. The molecule has 1 spiro atoms. The van der Waals surface area contributed by atoms with E-state index in [9.17, 15) is 0 Å². The highest BCUT2D eigenvalue weighted by Crippen LogP contribution is 2.63. The van der Waals surface area contributed by atoms with E-state index in [0.717, 1.165) is 50.1 Å². The summed E-state index contributed by atoms with van der Waals surface area (Å²) in [6.07, 6.45) is 0. The van der Waals surface area contributed by atoms with Crippen molar-refractivity contribution >= 4 is 39.0 Å². The summed E-state index contributed by atoms with van der Waals surface area (Å²) in [6.45, 7) is 2.15. The Morgan fingerprint density at radius 2 is 0.904 bits per heavy atom. The van der Waals surface area contributed by atoms with Crippen molar-refractivity contribution in [2.75, 3.05) is 4.90 Å². The Kier molecular flexibility index (Phi) is 6.12. The molecule has 2 heteroatoms. The van der Waals surface area contributed by atoms with Crippen LogP contribution in [0.15, 0.2) is 186 Å². The Labute approximate surface area is 302 Å². The number of hydrogen-bond acceptors (Lipinski definition) is 2. The summed E-state index contributed by atoms with van der Waals surface area (Å²) in [5.74, 6) is 0. The minimum absolute atomic E-state index is 0.400. The molecule has 0 fully saturated rings. The topological polar surface area (TPSA) is 16.4 Å². The van der Waals surface area contributed by atoms with E-state index in [1.807, 2.05) is 12.1 Å². The van der Waals surface area contributed by atoms with Gasteiger partial charge in [0.25, 0.3) is 0 Å². The van der Waals surface area contributed by atoms with E-state index in [1.54, 1.807) is 0 Å². The molecule has 2 nitrogen and oxygen atoms in total. The van der Waals surface area contributed by atoms with Crippen LogP contribution in [-0.4, -0.2) is 0 Å². The van der Waals surface area contributed by atoms with Gasteiger partial charge in [0, 0.05) is 33.4 Å². The Morgan fingerprint density at radius 1 is 0.404 bits per heavy atom. The maximum Gasteiger partial charge on any atom is 0.143 e. The lowest BCUT2D eigenvalue weighted by molar-refractivity contribution is 0.670. The summed E-state index contributed by atoms with van der Waals surface area (Å²) >= 11 is 0. The fourth-order valence-corrected chi connectivity index (χ4v) is 9.13. The first-order chi connectivity index (χ1) is 25.7. The second-order valence-corrected chi connectivity index (χ2v) is 14.1. The van der Waals surface area contributed by atoms with Gasteiger partial charge in [-0.25, -0.2) is 0 Å². The number of nitrogens with zero attached hydrogens (tertiary/aromatic N) is 1. The third-order valence-electron chi connectivity index (χ3n) is 11.4. The van der Waals surface area contributed by atoms with Crippen molar-refractivity contribution in [2.24, 2.45) is 0 Å². The molecule has 0 amide bonds. The minimum atomic E-state index is -0.400. The number of fused-ring (bicyclic) bond motifs is 13. The molecule has 0 aliphatic heterocycles. The van der Waals surface area contributed by atoms with Gasteiger partial charge in [0.1, 0.15) is 11.2 Å². The van der Waals surface area contributed by atoms with E-state index in [0.29, 0.717) is 0 Å². The Balaban J connectivity index is 1.10. The van der Waals surface area contributed by atoms with E-state index in [1.165, 1.54) is 50.1 Å². The lowest BCUT2D eigenvalue weighted by Crippen LogP contribution is -2.26. The normalized spacial score (nSPS) is 13.2. The van der Waals surface area contributed by atoms with Gasteiger partial charge < -0.3 is 9.32 Å². The van der Waals surface area contributed by atoms with Crippen molar-refractivity contribution in [3.63, 3.8) is 0 Å².